The summed E-state index contributed by atoms with van der Waals surface area (Å²) in [4.78, 5) is 0. The Kier molecular flexibility index (Phi) is 6.52. The molecule has 0 fully saturated rings. The molecule has 1 atom stereocenters. The van der Waals surface area contributed by atoms with E-state index in [-0.39, 0.29) is 0 Å². The maximum absolute atomic E-state index is 10.2. The van der Waals surface area contributed by atoms with E-state index >= 15 is 0 Å². The van der Waals surface area contributed by atoms with E-state index < -0.39 is 6.10 Å². The molecule has 3 rings (SSSR count). The molecular formula is C19H26N6OS. The van der Waals surface area contributed by atoms with Crippen LogP contribution >= 0.6 is 11.8 Å². The summed E-state index contributed by atoms with van der Waals surface area (Å²) < 4.78 is 3.64. The largest absolute Gasteiger partial charge is 0.391 e. The Balaban J connectivity index is 1.95. The molecule has 0 aliphatic heterocycles. The molecule has 144 valence electrons. The summed E-state index contributed by atoms with van der Waals surface area (Å²) in [7, 11) is 0. The number of hydrogen-bond donors (Lipinski definition) is 2. The van der Waals surface area contributed by atoms with Gasteiger partial charge in [-0.1, -0.05) is 56.7 Å². The molecule has 0 saturated carbocycles. The molecule has 0 radical (unpaired) electrons. The minimum atomic E-state index is -0.460. The van der Waals surface area contributed by atoms with Crippen molar-refractivity contribution < 1.29 is 5.11 Å². The monoisotopic (exact) mass is 386 g/mol. The number of aliphatic hydroxyl groups is 1. The van der Waals surface area contributed by atoms with Crippen molar-refractivity contribution in [3.63, 3.8) is 0 Å². The summed E-state index contributed by atoms with van der Waals surface area (Å²) in [6.45, 7) is 4.57. The van der Waals surface area contributed by atoms with Crippen LogP contribution in [0.25, 0.3) is 17.1 Å². The number of benzene rings is 1. The SMILES string of the molecule is CCCCC(O)Cn1ncc(-c2nnc(SCC)n2-c2ccccc2)c1N. The fraction of sp³-hybridized carbons (Fsp3) is 0.421. The lowest BCUT2D eigenvalue weighted by Crippen LogP contribution is -2.18. The van der Waals surface area contributed by atoms with Crippen molar-refractivity contribution in [2.24, 2.45) is 0 Å². The molecule has 3 aromatic rings. The Bertz CT molecular complexity index is 860. The van der Waals surface area contributed by atoms with E-state index in [1.807, 2.05) is 34.9 Å². The average Bonchev–Trinajstić information content (AvgIpc) is 3.25. The van der Waals surface area contributed by atoms with Crippen LogP contribution in [0.4, 0.5) is 5.82 Å². The Morgan fingerprint density at radius 1 is 1.19 bits per heavy atom. The quantitative estimate of drug-likeness (QED) is 0.548. The second-order valence-corrected chi connectivity index (χ2v) is 7.56. The number of anilines is 1. The molecule has 0 spiro atoms. The number of thioether (sulfide) groups is 1. The highest BCUT2D eigenvalue weighted by molar-refractivity contribution is 7.99. The van der Waals surface area contributed by atoms with Gasteiger partial charge in [0.05, 0.1) is 24.4 Å². The Morgan fingerprint density at radius 2 is 1.96 bits per heavy atom. The molecule has 27 heavy (non-hydrogen) atoms. The summed E-state index contributed by atoms with van der Waals surface area (Å²) in [5.41, 5.74) is 8.04. The topological polar surface area (TPSA) is 94.8 Å². The standard InChI is InChI=1S/C19H26N6OS/c1-3-5-11-15(26)13-24-17(20)16(12-21-24)18-22-23-19(27-4-2)25(18)14-9-7-6-8-10-14/h6-10,12,15,26H,3-5,11,13,20H2,1-2H3. The van der Waals surface area contributed by atoms with Crippen LogP contribution in [0.15, 0.2) is 41.7 Å². The van der Waals surface area contributed by atoms with E-state index in [0.29, 0.717) is 18.2 Å². The van der Waals surface area contributed by atoms with Gasteiger partial charge in [-0.15, -0.1) is 10.2 Å². The van der Waals surface area contributed by atoms with Crippen molar-refractivity contribution in [3.8, 4) is 17.1 Å². The zero-order chi connectivity index (χ0) is 19.2. The Hall–Kier alpha value is -2.32. The zero-order valence-electron chi connectivity index (χ0n) is 15.7. The summed E-state index contributed by atoms with van der Waals surface area (Å²) in [6.07, 6.45) is 4.01. The third-order valence-electron chi connectivity index (χ3n) is 4.32. The third kappa shape index (κ3) is 4.33. The first-order chi connectivity index (χ1) is 13.2. The minimum absolute atomic E-state index is 0.377. The molecule has 1 aromatic carbocycles. The van der Waals surface area contributed by atoms with Crippen LogP contribution in [0.5, 0.6) is 0 Å². The fourth-order valence-electron chi connectivity index (χ4n) is 2.92. The summed E-state index contributed by atoms with van der Waals surface area (Å²) in [6, 6.07) is 9.97. The van der Waals surface area contributed by atoms with E-state index in [4.69, 9.17) is 5.73 Å². The number of nitrogen functional groups attached to an aromatic ring is 1. The molecule has 7 nitrogen and oxygen atoms in total. The van der Waals surface area contributed by atoms with Gasteiger partial charge in [0.15, 0.2) is 11.0 Å². The first-order valence-corrected chi connectivity index (χ1v) is 10.3. The number of nitrogens with two attached hydrogens (primary N) is 1. The van der Waals surface area contributed by atoms with Crippen LogP contribution in [0, 0.1) is 0 Å². The molecule has 0 aliphatic carbocycles. The van der Waals surface area contributed by atoms with Crippen LogP contribution in [0.2, 0.25) is 0 Å². The van der Waals surface area contributed by atoms with Crippen molar-refractivity contribution in [2.75, 3.05) is 11.5 Å². The summed E-state index contributed by atoms with van der Waals surface area (Å²) >= 11 is 1.63. The van der Waals surface area contributed by atoms with E-state index in [9.17, 15) is 5.11 Å². The van der Waals surface area contributed by atoms with Crippen LogP contribution in [-0.4, -0.2) is 41.5 Å². The van der Waals surface area contributed by atoms with Gasteiger partial charge in [-0.25, -0.2) is 4.68 Å². The number of unbranched alkanes of at least 4 members (excludes halogenated alkanes) is 1. The van der Waals surface area contributed by atoms with E-state index in [1.165, 1.54) is 0 Å². The molecule has 0 amide bonds. The van der Waals surface area contributed by atoms with Crippen LogP contribution in [0.1, 0.15) is 33.1 Å². The number of para-hydroxylation sites is 1. The fourth-order valence-corrected chi connectivity index (χ4v) is 3.60. The molecule has 1 unspecified atom stereocenters. The maximum Gasteiger partial charge on any atom is 0.196 e. The van der Waals surface area contributed by atoms with Crippen LogP contribution in [0.3, 0.4) is 0 Å². The van der Waals surface area contributed by atoms with E-state index in [1.54, 1.807) is 22.6 Å². The molecule has 2 aromatic heterocycles. The van der Waals surface area contributed by atoms with Gasteiger partial charge in [0, 0.05) is 5.69 Å². The maximum atomic E-state index is 10.2. The van der Waals surface area contributed by atoms with Gasteiger partial charge in [-0.2, -0.15) is 5.10 Å². The second kappa shape index (κ2) is 9.05. The van der Waals surface area contributed by atoms with Crippen LogP contribution in [-0.2, 0) is 6.54 Å². The molecule has 0 bridgehead atoms. The minimum Gasteiger partial charge on any atom is -0.391 e. The first-order valence-electron chi connectivity index (χ1n) is 9.29. The molecular weight excluding hydrogens is 360 g/mol. The number of hydrogen-bond acceptors (Lipinski definition) is 6. The van der Waals surface area contributed by atoms with Crippen molar-refractivity contribution in [3.05, 3.63) is 36.5 Å². The lowest BCUT2D eigenvalue weighted by atomic mass is 10.1. The summed E-state index contributed by atoms with van der Waals surface area (Å²) in [5.74, 6) is 2.04. The van der Waals surface area contributed by atoms with Gasteiger partial charge in [0.1, 0.15) is 5.82 Å². The molecule has 3 N–H and O–H groups in total. The van der Waals surface area contributed by atoms with Crippen molar-refractivity contribution in [2.45, 2.75) is 50.9 Å². The lowest BCUT2D eigenvalue weighted by Gasteiger charge is -2.12. The van der Waals surface area contributed by atoms with Gasteiger partial charge < -0.3 is 10.8 Å². The van der Waals surface area contributed by atoms with Crippen molar-refractivity contribution >= 4 is 17.6 Å². The van der Waals surface area contributed by atoms with Gasteiger partial charge >= 0.3 is 0 Å². The molecule has 2 heterocycles. The normalized spacial score (nSPS) is 12.4. The van der Waals surface area contributed by atoms with Crippen molar-refractivity contribution in [1.82, 2.24) is 24.5 Å². The van der Waals surface area contributed by atoms with Gasteiger partial charge in [-0.3, -0.25) is 4.57 Å². The highest BCUT2D eigenvalue weighted by atomic mass is 32.2. The summed E-state index contributed by atoms with van der Waals surface area (Å²) in [5, 5.41) is 24.1. The zero-order valence-corrected chi connectivity index (χ0v) is 16.6. The number of nitrogens with zero attached hydrogens (tertiary/aromatic N) is 5. The predicted octanol–water partition coefficient (Wildman–Crippen LogP) is 3.38. The second-order valence-electron chi connectivity index (χ2n) is 6.33. The smallest absolute Gasteiger partial charge is 0.196 e. The van der Waals surface area contributed by atoms with E-state index in [2.05, 4.69) is 29.1 Å². The number of rotatable bonds is 9. The highest BCUT2D eigenvalue weighted by Crippen LogP contribution is 2.31. The van der Waals surface area contributed by atoms with Crippen molar-refractivity contribution in [1.29, 1.82) is 0 Å². The number of aliphatic hydroxyl groups excluding tert-OH is 1. The predicted molar refractivity (Wildman–Crippen MR) is 109 cm³/mol. The van der Waals surface area contributed by atoms with E-state index in [0.717, 1.165) is 41.4 Å². The first kappa shape index (κ1) is 19.4. The highest BCUT2D eigenvalue weighted by Gasteiger charge is 2.21. The molecule has 0 aliphatic rings. The Morgan fingerprint density at radius 3 is 2.67 bits per heavy atom. The van der Waals surface area contributed by atoms with Crippen LogP contribution < -0.4 is 5.73 Å². The van der Waals surface area contributed by atoms with Gasteiger partial charge in [0.2, 0.25) is 0 Å². The van der Waals surface area contributed by atoms with Gasteiger partial charge in [0.25, 0.3) is 0 Å². The Labute approximate surface area is 163 Å². The van der Waals surface area contributed by atoms with Gasteiger partial charge in [-0.05, 0) is 24.3 Å². The average molecular weight is 387 g/mol. The third-order valence-corrected chi connectivity index (χ3v) is 5.13. The number of aromatic nitrogens is 5. The molecule has 8 heteroatoms. The lowest BCUT2D eigenvalue weighted by molar-refractivity contribution is 0.138. The molecule has 0 saturated heterocycles.